The average molecular weight is 1200 g/mol. The molecule has 7 rings (SSSR count). The first kappa shape index (κ1) is 65.1. The summed E-state index contributed by atoms with van der Waals surface area (Å²) in [6.07, 6.45) is -6.81. The molecule has 0 radical (unpaired) electrons. The number of amides is 2. The molecule has 5 aromatic carbocycles. The first-order valence-corrected chi connectivity index (χ1v) is 26.9. The molecule has 13 nitrogen and oxygen atoms in total. The van der Waals surface area contributed by atoms with Crippen LogP contribution in [-0.2, 0) is 49.1 Å². The van der Waals surface area contributed by atoms with Gasteiger partial charge in [0.1, 0.15) is 10.7 Å². The van der Waals surface area contributed by atoms with Crippen molar-refractivity contribution in [2.24, 2.45) is 5.73 Å². The maximum absolute atomic E-state index is 13.1. The summed E-state index contributed by atoms with van der Waals surface area (Å²) in [4.78, 5) is 38.3. The highest BCUT2D eigenvalue weighted by molar-refractivity contribution is 7.86. The van der Waals surface area contributed by atoms with Gasteiger partial charge in [-0.25, -0.2) is 19.7 Å². The van der Waals surface area contributed by atoms with Crippen LogP contribution in [0.4, 0.5) is 37.7 Å². The lowest BCUT2D eigenvalue weighted by Gasteiger charge is -2.26. The number of alkyl halides is 6. The molecule has 83 heavy (non-hydrogen) atoms. The van der Waals surface area contributed by atoms with Gasteiger partial charge in [0, 0.05) is 52.3 Å². The molecule has 7 aromatic rings. The van der Waals surface area contributed by atoms with Crippen molar-refractivity contribution in [3.8, 4) is 11.8 Å². The first-order chi connectivity index (χ1) is 38.8. The monoisotopic (exact) mass is 1200 g/mol. The van der Waals surface area contributed by atoms with E-state index in [0.717, 1.165) is 57.7 Å². The van der Waals surface area contributed by atoms with E-state index in [0.29, 0.717) is 57.9 Å². The van der Waals surface area contributed by atoms with Crippen LogP contribution >= 0.6 is 23.2 Å². The molecule has 0 aliphatic carbocycles. The number of nitrogens with one attached hydrogen (secondary N) is 1. The number of ether oxygens (including phenoxy) is 2. The van der Waals surface area contributed by atoms with Gasteiger partial charge < -0.3 is 24.7 Å². The smallest absolute Gasteiger partial charge is 0.417 e. The zero-order valence-corrected chi connectivity index (χ0v) is 47.9. The Hall–Kier alpha value is -8.69. The molecule has 2 heterocycles. The number of primary amides is 1. The minimum absolute atomic E-state index is 0.0909. The van der Waals surface area contributed by atoms with Gasteiger partial charge in [0.25, 0.3) is 11.8 Å². The maximum Gasteiger partial charge on any atom is 0.417 e. The predicted molar refractivity (Wildman–Crippen MR) is 306 cm³/mol. The standard InChI is InChI=1S/C27H23ClF3N3O2.C24H20ClNO3S.C10H11F3N2O2/c1-17(34-25(35)26(2,3)36-24-13-10-20(16-33-24)27(29,30)31)23(14-18-8-11-21(28)12-9-18)19-6-5-7-22(15-19)32-4;1-17-7-13-23(14-8-17)30(27,28)29-18(2)24(15-19-9-11-21(25)12-10-19)20-5-4-6-22(16-20)26-3;1-9(2,8(14)16)17-7-4-3-6(5-15-7)10(11,12)13/h5-13,15-16H,14H2,1-3H3,(H,34,35);4-14,16H,15H2,1-2H3;3-5H,1-2H3,(H2,14,16)/b23-17-;24-18-;. The van der Waals surface area contributed by atoms with Crippen molar-refractivity contribution in [3.05, 3.63) is 241 Å². The lowest BCUT2D eigenvalue weighted by molar-refractivity contribution is -0.138. The fourth-order valence-electron chi connectivity index (χ4n) is 7.22. The molecule has 0 fully saturated rings. The molecule has 2 amide bonds. The lowest BCUT2D eigenvalue weighted by Crippen LogP contribution is -2.46. The van der Waals surface area contributed by atoms with E-state index in [2.05, 4.69) is 25.0 Å². The number of benzene rings is 5. The Morgan fingerprint density at radius 3 is 1.43 bits per heavy atom. The van der Waals surface area contributed by atoms with Gasteiger partial charge in [0.2, 0.25) is 11.8 Å². The van der Waals surface area contributed by atoms with Crippen LogP contribution in [0, 0.1) is 20.1 Å². The zero-order chi connectivity index (χ0) is 61.5. The van der Waals surface area contributed by atoms with Crippen LogP contribution in [0.1, 0.15) is 80.5 Å². The van der Waals surface area contributed by atoms with Gasteiger partial charge in [-0.2, -0.15) is 34.8 Å². The minimum Gasteiger partial charge on any atom is -0.462 e. The Morgan fingerprint density at radius 1 is 0.614 bits per heavy atom. The summed E-state index contributed by atoms with van der Waals surface area (Å²) >= 11 is 12.0. The number of rotatable bonds is 16. The number of halogens is 8. The van der Waals surface area contributed by atoms with E-state index in [1.165, 1.54) is 39.8 Å². The van der Waals surface area contributed by atoms with Crippen LogP contribution in [0.15, 0.2) is 174 Å². The summed E-state index contributed by atoms with van der Waals surface area (Å²) in [5.41, 5.74) is 7.73. The van der Waals surface area contributed by atoms with Gasteiger partial charge in [-0.3, -0.25) is 9.59 Å². The Kier molecular flexibility index (Phi) is 21.9. The van der Waals surface area contributed by atoms with Gasteiger partial charge in [-0.05, 0) is 143 Å². The van der Waals surface area contributed by atoms with Crippen molar-refractivity contribution in [2.75, 3.05) is 0 Å². The van der Waals surface area contributed by atoms with Gasteiger partial charge in [0.15, 0.2) is 22.6 Å². The first-order valence-electron chi connectivity index (χ1n) is 24.7. The van der Waals surface area contributed by atoms with Gasteiger partial charge in [-0.15, -0.1) is 0 Å². The summed E-state index contributed by atoms with van der Waals surface area (Å²) in [6.45, 7) is 25.6. The van der Waals surface area contributed by atoms with Gasteiger partial charge in [0.05, 0.1) is 24.3 Å². The van der Waals surface area contributed by atoms with Crippen molar-refractivity contribution in [3.63, 3.8) is 0 Å². The number of pyridine rings is 2. The average Bonchev–Trinajstić information content (AvgIpc) is 3.53. The second-order valence-electron chi connectivity index (χ2n) is 19.2. The fraction of sp³-hybridized carbons (Fsp3) is 0.213. The number of hydrogen-bond donors (Lipinski definition) is 2. The second-order valence-corrected chi connectivity index (χ2v) is 21.6. The molecule has 432 valence electrons. The molecule has 0 spiro atoms. The van der Waals surface area contributed by atoms with Crippen LogP contribution in [0.2, 0.25) is 10.0 Å². The van der Waals surface area contributed by atoms with Crippen molar-refractivity contribution >= 4 is 67.7 Å². The highest BCUT2D eigenvalue weighted by Gasteiger charge is 2.35. The van der Waals surface area contributed by atoms with Crippen molar-refractivity contribution in [1.82, 2.24) is 15.3 Å². The summed E-state index contributed by atoms with van der Waals surface area (Å²) in [5, 5.41) is 4.07. The zero-order valence-electron chi connectivity index (χ0n) is 45.6. The summed E-state index contributed by atoms with van der Waals surface area (Å²) in [6, 6.07) is 39.0. The van der Waals surface area contributed by atoms with E-state index in [1.54, 1.807) is 86.6 Å². The van der Waals surface area contributed by atoms with E-state index in [4.69, 9.17) is 55.7 Å². The number of hydrogen-bond acceptors (Lipinski definition) is 9. The Balaban J connectivity index is 0.000000242. The van der Waals surface area contributed by atoms with Gasteiger partial charge >= 0.3 is 22.5 Å². The number of aromatic nitrogens is 2. The van der Waals surface area contributed by atoms with E-state index in [1.807, 2.05) is 43.3 Å². The van der Waals surface area contributed by atoms with Crippen molar-refractivity contribution in [1.29, 1.82) is 0 Å². The number of carbonyl (C=O) groups is 2. The highest BCUT2D eigenvalue weighted by atomic mass is 35.5. The van der Waals surface area contributed by atoms with Crippen LogP contribution in [0.5, 0.6) is 11.8 Å². The molecular formula is C61H54Cl2F6N6O7S. The number of carbonyl (C=O) groups excluding carboxylic acids is 2. The number of allylic oxidation sites excluding steroid dienone is 4. The van der Waals surface area contributed by atoms with Crippen molar-refractivity contribution < 1.29 is 58.0 Å². The van der Waals surface area contributed by atoms with Crippen LogP contribution < -0.4 is 20.5 Å². The third kappa shape index (κ3) is 19.5. The quantitative estimate of drug-likeness (QED) is 0.0414. The van der Waals surface area contributed by atoms with Gasteiger partial charge in [-0.1, -0.05) is 102 Å². The summed E-state index contributed by atoms with van der Waals surface area (Å²) < 4.78 is 117. The fourth-order valence-corrected chi connectivity index (χ4v) is 8.47. The molecule has 0 atom stereocenters. The molecule has 22 heteroatoms. The molecule has 0 bridgehead atoms. The molecule has 2 aromatic heterocycles. The van der Waals surface area contributed by atoms with Crippen LogP contribution in [0.3, 0.4) is 0 Å². The molecular weight excluding hydrogens is 1150 g/mol. The number of nitrogens with zero attached hydrogens (tertiary/aromatic N) is 4. The van der Waals surface area contributed by atoms with E-state index in [-0.39, 0.29) is 22.4 Å². The molecule has 0 saturated carbocycles. The molecule has 0 aliphatic heterocycles. The summed E-state index contributed by atoms with van der Waals surface area (Å²) in [7, 11) is -3.98. The molecule has 0 aliphatic rings. The van der Waals surface area contributed by atoms with E-state index in [9.17, 15) is 44.3 Å². The Morgan fingerprint density at radius 2 is 1.04 bits per heavy atom. The Labute approximate surface area is 487 Å². The third-order valence-corrected chi connectivity index (χ3v) is 13.8. The van der Waals surface area contributed by atoms with E-state index >= 15 is 0 Å². The summed E-state index contributed by atoms with van der Waals surface area (Å²) in [5.74, 6) is -1.21. The lowest BCUT2D eigenvalue weighted by atomic mass is 9.95. The Bertz CT molecular complexity index is 3680. The highest BCUT2D eigenvalue weighted by Crippen LogP contribution is 2.34. The molecule has 0 unspecified atom stereocenters. The second kappa shape index (κ2) is 27.9. The largest absolute Gasteiger partial charge is 0.462 e. The maximum atomic E-state index is 13.1. The third-order valence-electron chi connectivity index (χ3n) is 11.9. The molecule has 3 N–H and O–H groups in total. The topological polar surface area (TPSA) is 169 Å². The number of aryl methyl sites for hydroxylation is 1. The number of nitrogens with two attached hydrogens (primary N) is 1. The normalized spacial score (nSPS) is 12.3. The van der Waals surface area contributed by atoms with Crippen LogP contribution in [0.25, 0.3) is 20.8 Å². The predicted octanol–water partition coefficient (Wildman–Crippen LogP) is 15.6. The van der Waals surface area contributed by atoms with Crippen LogP contribution in [-0.4, -0.2) is 41.4 Å². The molecule has 0 saturated heterocycles. The SMILES string of the molecule is CC(C)(Oc1ccc(C(F)(F)F)cn1)C(N)=O.[C-]#[N+]c1cccc(/C(Cc2ccc(Cl)cc2)=C(/C)NC(=O)C(C)(C)Oc2ccc(C(F)(F)F)cn2)c1.[C-]#[N+]c1cccc(/C(Cc2ccc(Cl)cc2)=C(/C)OS(=O)(=O)c2ccc(C)cc2)c1. The van der Waals surface area contributed by atoms with Crippen molar-refractivity contribution in [2.45, 2.75) is 89.8 Å². The minimum atomic E-state index is -4.52. The van der Waals surface area contributed by atoms with E-state index < -0.39 is 56.6 Å².